The highest BCUT2D eigenvalue weighted by Gasteiger charge is 2.22. The van der Waals surface area contributed by atoms with Gasteiger partial charge in [0.05, 0.1) is 6.61 Å². The Morgan fingerprint density at radius 1 is 1.00 bits per heavy atom. The van der Waals surface area contributed by atoms with Crippen LogP contribution in [-0.2, 0) is 14.3 Å². The van der Waals surface area contributed by atoms with Crippen molar-refractivity contribution in [2.75, 3.05) is 13.2 Å². The van der Waals surface area contributed by atoms with E-state index >= 15 is 0 Å². The van der Waals surface area contributed by atoms with Crippen LogP contribution < -0.4 is 0 Å². The predicted octanol–water partition coefficient (Wildman–Crippen LogP) is 2.22. The second-order valence-electron chi connectivity index (χ2n) is 4.81. The van der Waals surface area contributed by atoms with Gasteiger partial charge in [0.25, 0.3) is 11.8 Å². The molecule has 0 saturated heterocycles. The zero-order valence-corrected chi connectivity index (χ0v) is 11.0. The minimum Gasteiger partial charge on any atom is -0.493 e. The molecule has 0 N–H and O–H groups in total. The third kappa shape index (κ3) is 2.37. The number of unbranched alkanes of at least 4 members (excludes halogenated alkanes) is 1. The first-order valence-electron chi connectivity index (χ1n) is 6.73. The maximum Gasteiger partial charge on any atom is 0.253 e. The molecule has 2 aliphatic rings. The summed E-state index contributed by atoms with van der Waals surface area (Å²) < 4.78 is 5.68. The molecular weight excluding hydrogens is 254 g/mol. The molecule has 4 nitrogen and oxygen atoms in total. The molecule has 0 unspecified atom stereocenters. The van der Waals surface area contributed by atoms with Crippen molar-refractivity contribution in [1.82, 2.24) is 4.90 Å². The Morgan fingerprint density at radius 3 is 2.50 bits per heavy atom. The van der Waals surface area contributed by atoms with Crippen LogP contribution in [0.25, 0.3) is 11.8 Å². The summed E-state index contributed by atoms with van der Waals surface area (Å²) in [6, 6.07) is 8.09. The Morgan fingerprint density at radius 2 is 1.75 bits per heavy atom. The fourth-order valence-corrected chi connectivity index (χ4v) is 2.31. The molecule has 0 aromatic heterocycles. The number of nitrogens with zero attached hydrogens (tertiary/aromatic N) is 1. The molecule has 2 amide bonds. The quantitative estimate of drug-likeness (QED) is 0.587. The molecule has 0 bridgehead atoms. The number of ether oxygens (including phenoxy) is 1. The van der Waals surface area contributed by atoms with Gasteiger partial charge in [0.1, 0.15) is 5.76 Å². The van der Waals surface area contributed by atoms with Crippen molar-refractivity contribution in [3.05, 3.63) is 47.5 Å². The van der Waals surface area contributed by atoms with Gasteiger partial charge in [-0.05, 0) is 24.5 Å². The fourth-order valence-electron chi connectivity index (χ4n) is 2.31. The summed E-state index contributed by atoms with van der Waals surface area (Å²) in [6.45, 7) is 1.06. The molecule has 102 valence electrons. The average Bonchev–Trinajstić information content (AvgIpc) is 2.74. The summed E-state index contributed by atoms with van der Waals surface area (Å²) in [5.41, 5.74) is 2.36. The second kappa shape index (κ2) is 5.33. The van der Waals surface area contributed by atoms with Crippen molar-refractivity contribution in [3.63, 3.8) is 0 Å². The molecule has 1 aliphatic heterocycles. The topological polar surface area (TPSA) is 46.6 Å². The molecule has 1 aliphatic carbocycles. The number of amides is 2. The smallest absolute Gasteiger partial charge is 0.253 e. The number of hydrogen-bond donors (Lipinski definition) is 0. The Bertz CT molecular complexity index is 598. The molecule has 1 aromatic rings. The number of hydrogen-bond acceptors (Lipinski definition) is 3. The van der Waals surface area contributed by atoms with Crippen LogP contribution in [0.1, 0.15) is 24.0 Å². The third-order valence-corrected chi connectivity index (χ3v) is 3.45. The Balaban J connectivity index is 1.36. The van der Waals surface area contributed by atoms with Gasteiger partial charge < -0.3 is 4.74 Å². The van der Waals surface area contributed by atoms with Crippen LogP contribution in [0.4, 0.5) is 0 Å². The minimum atomic E-state index is -0.216. The summed E-state index contributed by atoms with van der Waals surface area (Å²) in [6.07, 6.45) is 6.22. The molecule has 3 rings (SSSR count). The van der Waals surface area contributed by atoms with Crippen molar-refractivity contribution in [3.8, 4) is 0 Å². The minimum absolute atomic E-state index is 0.216. The molecule has 20 heavy (non-hydrogen) atoms. The molecule has 0 fully saturated rings. The summed E-state index contributed by atoms with van der Waals surface area (Å²) >= 11 is 0. The average molecular weight is 269 g/mol. The van der Waals surface area contributed by atoms with E-state index in [0.717, 1.165) is 24.2 Å². The van der Waals surface area contributed by atoms with Crippen molar-refractivity contribution >= 4 is 23.6 Å². The van der Waals surface area contributed by atoms with E-state index in [1.807, 2.05) is 24.3 Å². The van der Waals surface area contributed by atoms with E-state index in [1.54, 1.807) is 0 Å². The summed E-state index contributed by atoms with van der Waals surface area (Å²) in [5.74, 6) is 0.494. The lowest BCUT2D eigenvalue weighted by Gasteiger charge is -2.20. The standard InChI is InChI=1S/C16H15NO3/c18-15-7-8-16(19)17(15)9-3-4-10-20-14-11-12-5-1-2-6-13(12)14/h1-2,5-8,11H,3-4,9-10H2. The van der Waals surface area contributed by atoms with Crippen LogP contribution in [0, 0.1) is 0 Å². The molecule has 0 saturated carbocycles. The third-order valence-electron chi connectivity index (χ3n) is 3.45. The van der Waals surface area contributed by atoms with E-state index in [4.69, 9.17) is 4.74 Å². The molecule has 0 radical (unpaired) electrons. The summed E-state index contributed by atoms with van der Waals surface area (Å²) in [5, 5.41) is 0. The van der Waals surface area contributed by atoms with E-state index in [2.05, 4.69) is 6.07 Å². The fraction of sp³-hybridized carbons (Fsp3) is 0.250. The van der Waals surface area contributed by atoms with Crippen molar-refractivity contribution in [2.45, 2.75) is 12.8 Å². The highest BCUT2D eigenvalue weighted by Crippen LogP contribution is 2.32. The maximum atomic E-state index is 11.3. The summed E-state index contributed by atoms with van der Waals surface area (Å²) in [7, 11) is 0. The van der Waals surface area contributed by atoms with Gasteiger partial charge in [-0.25, -0.2) is 0 Å². The normalized spacial score (nSPS) is 16.0. The van der Waals surface area contributed by atoms with Crippen LogP contribution in [0.2, 0.25) is 0 Å². The number of carbonyl (C=O) groups excluding carboxylic acids is 2. The van der Waals surface area contributed by atoms with Gasteiger partial charge in [0.15, 0.2) is 0 Å². The van der Waals surface area contributed by atoms with E-state index in [0.29, 0.717) is 13.2 Å². The highest BCUT2D eigenvalue weighted by molar-refractivity contribution is 6.12. The van der Waals surface area contributed by atoms with Gasteiger partial charge in [-0.3, -0.25) is 14.5 Å². The van der Waals surface area contributed by atoms with Gasteiger partial charge in [-0.2, -0.15) is 0 Å². The van der Waals surface area contributed by atoms with Gasteiger partial charge in [-0.15, -0.1) is 0 Å². The first-order chi connectivity index (χ1) is 9.75. The van der Waals surface area contributed by atoms with Crippen LogP contribution >= 0.6 is 0 Å². The van der Waals surface area contributed by atoms with Crippen LogP contribution in [0.5, 0.6) is 0 Å². The molecule has 1 heterocycles. The Labute approximate surface area is 117 Å². The van der Waals surface area contributed by atoms with Gasteiger partial charge in [-0.1, -0.05) is 24.3 Å². The Hall–Kier alpha value is -2.36. The zero-order valence-electron chi connectivity index (χ0n) is 11.0. The molecule has 0 spiro atoms. The van der Waals surface area contributed by atoms with Gasteiger partial charge in [0.2, 0.25) is 0 Å². The molecule has 1 aromatic carbocycles. The van der Waals surface area contributed by atoms with Crippen LogP contribution in [0.15, 0.2) is 36.4 Å². The zero-order chi connectivity index (χ0) is 13.9. The number of fused-ring (bicyclic) bond motifs is 1. The first kappa shape index (κ1) is 12.7. The predicted molar refractivity (Wildman–Crippen MR) is 75.4 cm³/mol. The maximum absolute atomic E-state index is 11.3. The monoisotopic (exact) mass is 269 g/mol. The van der Waals surface area contributed by atoms with Crippen LogP contribution in [0.3, 0.4) is 0 Å². The number of benzene rings is 1. The lowest BCUT2D eigenvalue weighted by molar-refractivity contribution is -0.136. The van der Waals surface area contributed by atoms with E-state index in [9.17, 15) is 9.59 Å². The molecular formula is C16H15NO3. The lowest BCUT2D eigenvalue weighted by atomic mass is 9.96. The highest BCUT2D eigenvalue weighted by atomic mass is 16.5. The molecule has 4 heteroatoms. The van der Waals surface area contributed by atoms with Crippen molar-refractivity contribution < 1.29 is 14.3 Å². The van der Waals surface area contributed by atoms with Crippen molar-refractivity contribution in [2.24, 2.45) is 0 Å². The van der Waals surface area contributed by atoms with E-state index in [-0.39, 0.29) is 11.8 Å². The number of rotatable bonds is 6. The largest absolute Gasteiger partial charge is 0.493 e. The second-order valence-corrected chi connectivity index (χ2v) is 4.81. The lowest BCUT2D eigenvalue weighted by Crippen LogP contribution is -2.30. The van der Waals surface area contributed by atoms with E-state index in [1.165, 1.54) is 22.6 Å². The summed E-state index contributed by atoms with van der Waals surface area (Å²) in [4.78, 5) is 23.9. The van der Waals surface area contributed by atoms with E-state index < -0.39 is 0 Å². The van der Waals surface area contributed by atoms with Crippen LogP contribution in [-0.4, -0.2) is 29.9 Å². The number of carbonyl (C=O) groups is 2. The first-order valence-corrected chi connectivity index (χ1v) is 6.73. The Kier molecular flexibility index (Phi) is 3.37. The van der Waals surface area contributed by atoms with Crippen molar-refractivity contribution in [1.29, 1.82) is 0 Å². The van der Waals surface area contributed by atoms with Gasteiger partial charge in [0, 0.05) is 24.3 Å². The number of imide groups is 1. The SMILES string of the molecule is O=C1C=CC(=O)N1CCCCOC1=Cc2ccccc21. The molecule has 0 atom stereocenters. The van der Waals surface area contributed by atoms with Gasteiger partial charge >= 0.3 is 0 Å².